The Morgan fingerprint density at radius 3 is 2.67 bits per heavy atom. The minimum atomic E-state index is -0.229. The predicted molar refractivity (Wildman–Crippen MR) is 92.8 cm³/mol. The van der Waals surface area contributed by atoms with Gasteiger partial charge in [0.15, 0.2) is 0 Å². The summed E-state index contributed by atoms with van der Waals surface area (Å²) in [6.45, 7) is 2.26. The molecule has 0 N–H and O–H groups in total. The lowest BCUT2D eigenvalue weighted by atomic mass is 9.68. The number of unbranched alkanes of at least 4 members (excludes halogenated alkanes) is 1. The SMILES string of the molecule is CCCCC1CCC(CBr)(Cc2cccc(Cl)c2F)CC1. The second kappa shape index (κ2) is 7.97. The van der Waals surface area contributed by atoms with Crippen LogP contribution < -0.4 is 0 Å². The molecule has 0 bridgehead atoms. The van der Waals surface area contributed by atoms with Crippen molar-refractivity contribution in [2.24, 2.45) is 11.3 Å². The number of halogens is 3. The Kier molecular flexibility index (Phi) is 6.55. The molecular weight excluding hydrogens is 351 g/mol. The Bertz CT molecular complexity index is 453. The molecule has 1 fully saturated rings. The van der Waals surface area contributed by atoms with E-state index in [1.54, 1.807) is 6.07 Å². The zero-order valence-corrected chi connectivity index (χ0v) is 15.1. The van der Waals surface area contributed by atoms with E-state index in [4.69, 9.17) is 11.6 Å². The van der Waals surface area contributed by atoms with Crippen molar-refractivity contribution in [3.63, 3.8) is 0 Å². The van der Waals surface area contributed by atoms with Gasteiger partial charge in [-0.3, -0.25) is 0 Å². The summed E-state index contributed by atoms with van der Waals surface area (Å²) in [6, 6.07) is 5.37. The summed E-state index contributed by atoms with van der Waals surface area (Å²) in [6.07, 6.45) is 9.74. The first-order valence-corrected chi connectivity index (χ1v) is 9.59. The lowest BCUT2D eigenvalue weighted by Crippen LogP contribution is -2.31. The number of hydrogen-bond donors (Lipinski definition) is 0. The van der Waals surface area contributed by atoms with Crippen LogP contribution in [0.2, 0.25) is 5.02 Å². The van der Waals surface area contributed by atoms with Crippen LogP contribution in [0.3, 0.4) is 0 Å². The molecular formula is C18H25BrClF. The predicted octanol–water partition coefficient (Wildman–Crippen LogP) is 6.78. The van der Waals surface area contributed by atoms with Gasteiger partial charge in [-0.1, -0.05) is 65.8 Å². The molecule has 0 saturated heterocycles. The summed E-state index contributed by atoms with van der Waals surface area (Å²) in [5, 5.41) is 1.20. The van der Waals surface area contributed by atoms with E-state index in [2.05, 4.69) is 22.9 Å². The molecule has 0 nitrogen and oxygen atoms in total. The van der Waals surface area contributed by atoms with Gasteiger partial charge in [0.25, 0.3) is 0 Å². The van der Waals surface area contributed by atoms with Crippen molar-refractivity contribution in [2.75, 3.05) is 5.33 Å². The smallest absolute Gasteiger partial charge is 0.144 e. The Hall–Kier alpha value is -0.0800. The maximum atomic E-state index is 14.2. The lowest BCUT2D eigenvalue weighted by molar-refractivity contribution is 0.167. The van der Waals surface area contributed by atoms with E-state index in [-0.39, 0.29) is 16.3 Å². The third-order valence-electron chi connectivity index (χ3n) is 5.01. The largest absolute Gasteiger partial charge is 0.205 e. The van der Waals surface area contributed by atoms with Crippen molar-refractivity contribution in [2.45, 2.75) is 58.3 Å². The molecule has 0 radical (unpaired) electrons. The van der Waals surface area contributed by atoms with Gasteiger partial charge in [-0.05, 0) is 55.1 Å². The third kappa shape index (κ3) is 4.45. The van der Waals surface area contributed by atoms with Crippen LogP contribution in [0.5, 0.6) is 0 Å². The highest BCUT2D eigenvalue weighted by Crippen LogP contribution is 2.44. The van der Waals surface area contributed by atoms with Crippen LogP contribution in [0.1, 0.15) is 57.4 Å². The molecule has 0 unspecified atom stereocenters. The molecule has 3 heteroatoms. The van der Waals surface area contributed by atoms with E-state index in [0.29, 0.717) is 0 Å². The number of benzene rings is 1. The van der Waals surface area contributed by atoms with Crippen LogP contribution in [0.4, 0.5) is 4.39 Å². The molecule has 0 aliphatic heterocycles. The molecule has 1 aliphatic carbocycles. The minimum absolute atomic E-state index is 0.203. The first-order chi connectivity index (χ1) is 10.1. The quantitative estimate of drug-likeness (QED) is 0.480. The zero-order valence-electron chi connectivity index (χ0n) is 12.8. The summed E-state index contributed by atoms with van der Waals surface area (Å²) in [5.74, 6) is 0.647. The monoisotopic (exact) mass is 374 g/mol. The first kappa shape index (κ1) is 17.3. The summed E-state index contributed by atoms with van der Waals surface area (Å²) in [5.41, 5.74) is 0.975. The normalized spacial score (nSPS) is 26.0. The van der Waals surface area contributed by atoms with Crippen molar-refractivity contribution >= 4 is 27.5 Å². The van der Waals surface area contributed by atoms with Crippen molar-refractivity contribution in [3.05, 3.63) is 34.6 Å². The fourth-order valence-electron chi connectivity index (χ4n) is 3.52. The summed E-state index contributed by atoms with van der Waals surface area (Å²) >= 11 is 9.60. The maximum Gasteiger partial charge on any atom is 0.144 e. The molecule has 1 saturated carbocycles. The minimum Gasteiger partial charge on any atom is -0.205 e. The van der Waals surface area contributed by atoms with Gasteiger partial charge in [-0.2, -0.15) is 0 Å². The Labute approximate surface area is 141 Å². The lowest BCUT2D eigenvalue weighted by Gasteiger charge is -2.39. The van der Waals surface area contributed by atoms with Gasteiger partial charge in [-0.15, -0.1) is 0 Å². The van der Waals surface area contributed by atoms with E-state index < -0.39 is 0 Å². The van der Waals surface area contributed by atoms with E-state index in [9.17, 15) is 4.39 Å². The molecule has 0 spiro atoms. The number of alkyl halides is 1. The van der Waals surface area contributed by atoms with Crippen molar-refractivity contribution in [1.82, 2.24) is 0 Å². The molecule has 1 aromatic carbocycles. The van der Waals surface area contributed by atoms with Gasteiger partial charge >= 0.3 is 0 Å². The van der Waals surface area contributed by atoms with Crippen molar-refractivity contribution in [3.8, 4) is 0 Å². The van der Waals surface area contributed by atoms with Gasteiger partial charge in [0.05, 0.1) is 5.02 Å². The Balaban J connectivity index is 2.01. The van der Waals surface area contributed by atoms with Crippen LogP contribution in [0.15, 0.2) is 18.2 Å². The van der Waals surface area contributed by atoms with Gasteiger partial charge in [0, 0.05) is 5.33 Å². The zero-order chi connectivity index (χ0) is 15.3. The number of rotatable bonds is 6. The van der Waals surface area contributed by atoms with Crippen LogP contribution >= 0.6 is 27.5 Å². The number of hydrogen-bond acceptors (Lipinski definition) is 0. The highest BCUT2D eigenvalue weighted by molar-refractivity contribution is 9.09. The van der Waals surface area contributed by atoms with E-state index in [1.807, 2.05) is 12.1 Å². The third-order valence-corrected chi connectivity index (χ3v) is 6.49. The molecule has 1 aromatic rings. The highest BCUT2D eigenvalue weighted by atomic mass is 79.9. The van der Waals surface area contributed by atoms with Crippen LogP contribution in [-0.2, 0) is 6.42 Å². The Morgan fingerprint density at radius 2 is 2.05 bits per heavy atom. The Morgan fingerprint density at radius 1 is 1.33 bits per heavy atom. The fraction of sp³-hybridized carbons (Fsp3) is 0.667. The highest BCUT2D eigenvalue weighted by Gasteiger charge is 2.35. The first-order valence-electron chi connectivity index (χ1n) is 8.09. The second-order valence-electron chi connectivity index (χ2n) is 6.61. The molecule has 21 heavy (non-hydrogen) atoms. The maximum absolute atomic E-state index is 14.2. The fourth-order valence-corrected chi connectivity index (χ4v) is 4.47. The molecule has 0 amide bonds. The van der Waals surface area contributed by atoms with Gasteiger partial charge in [-0.25, -0.2) is 4.39 Å². The van der Waals surface area contributed by atoms with Crippen LogP contribution in [0, 0.1) is 17.2 Å². The molecule has 0 atom stereocenters. The summed E-state index contributed by atoms with van der Waals surface area (Å²) < 4.78 is 14.2. The standard InChI is InChI=1S/C18H25BrClF/c1-2-3-5-14-8-10-18(13-19,11-9-14)12-15-6-4-7-16(20)17(15)21/h4,6-7,14H,2-3,5,8-13H2,1H3. The van der Waals surface area contributed by atoms with E-state index in [1.165, 1.54) is 44.9 Å². The average molecular weight is 376 g/mol. The second-order valence-corrected chi connectivity index (χ2v) is 7.58. The van der Waals surface area contributed by atoms with Crippen LogP contribution in [-0.4, -0.2) is 5.33 Å². The van der Waals surface area contributed by atoms with Crippen molar-refractivity contribution in [1.29, 1.82) is 0 Å². The summed E-state index contributed by atoms with van der Waals surface area (Å²) in [4.78, 5) is 0. The van der Waals surface area contributed by atoms with Gasteiger partial charge in [0.2, 0.25) is 0 Å². The topological polar surface area (TPSA) is 0 Å². The molecule has 0 heterocycles. The van der Waals surface area contributed by atoms with Crippen LogP contribution in [0.25, 0.3) is 0 Å². The molecule has 1 aliphatic rings. The molecule has 0 aromatic heterocycles. The van der Waals surface area contributed by atoms with Gasteiger partial charge < -0.3 is 0 Å². The van der Waals surface area contributed by atoms with Crippen molar-refractivity contribution < 1.29 is 4.39 Å². The van der Waals surface area contributed by atoms with E-state index in [0.717, 1.165) is 23.2 Å². The average Bonchev–Trinajstić information content (AvgIpc) is 2.51. The summed E-state index contributed by atoms with van der Waals surface area (Å²) in [7, 11) is 0. The van der Waals surface area contributed by atoms with Gasteiger partial charge in [0.1, 0.15) is 5.82 Å². The van der Waals surface area contributed by atoms with E-state index >= 15 is 0 Å². The molecule has 118 valence electrons. The molecule has 2 rings (SSSR count).